The summed E-state index contributed by atoms with van der Waals surface area (Å²) in [5.74, 6) is -1.23. The largest absolute Gasteiger partial charge is 0.514 e. The minimum Gasteiger partial charge on any atom is -0.480 e. The Morgan fingerprint density at radius 3 is 2.22 bits per heavy atom. The van der Waals surface area contributed by atoms with Gasteiger partial charge in [-0.05, 0) is 59.2 Å². The number of hydrogen-bond donors (Lipinski definition) is 2. The molecular weight excluding hydrogens is 422 g/mol. The Kier molecular flexibility index (Phi) is 7.17. The van der Waals surface area contributed by atoms with Gasteiger partial charge in [-0.1, -0.05) is 0 Å². The molecule has 1 aromatic heterocycles. The zero-order valence-corrected chi connectivity index (χ0v) is 18.8. The van der Waals surface area contributed by atoms with Gasteiger partial charge in [0.15, 0.2) is 0 Å². The van der Waals surface area contributed by atoms with Crippen LogP contribution in [-0.2, 0) is 20.7 Å². The van der Waals surface area contributed by atoms with Crippen molar-refractivity contribution in [3.8, 4) is 5.75 Å². The van der Waals surface area contributed by atoms with Gasteiger partial charge in [0.25, 0.3) is 0 Å². The number of ether oxygens (including phenoxy) is 3. The van der Waals surface area contributed by atoms with Gasteiger partial charge in [-0.15, -0.1) is 0 Å². The van der Waals surface area contributed by atoms with E-state index in [4.69, 9.17) is 18.6 Å². The normalized spacial score (nSPS) is 12.7. The van der Waals surface area contributed by atoms with Gasteiger partial charge >= 0.3 is 23.8 Å². The van der Waals surface area contributed by atoms with Crippen molar-refractivity contribution in [1.82, 2.24) is 5.32 Å². The lowest BCUT2D eigenvalue weighted by Crippen LogP contribution is -2.44. The molecular formula is C22H27NO9. The van der Waals surface area contributed by atoms with Crippen molar-refractivity contribution in [2.45, 2.75) is 65.2 Å². The summed E-state index contributed by atoms with van der Waals surface area (Å²) in [6.07, 6.45) is -2.03. The first kappa shape index (κ1) is 24.7. The van der Waals surface area contributed by atoms with Crippen LogP contribution in [0.15, 0.2) is 33.5 Å². The highest BCUT2D eigenvalue weighted by atomic mass is 16.7. The van der Waals surface area contributed by atoms with Crippen molar-refractivity contribution in [2.75, 3.05) is 0 Å². The number of benzene rings is 1. The molecule has 1 atom stereocenters. The number of carbonyl (C=O) groups excluding carboxylic acids is 2. The van der Waals surface area contributed by atoms with Crippen LogP contribution in [0.2, 0.25) is 0 Å². The third-order valence-corrected chi connectivity index (χ3v) is 3.81. The van der Waals surface area contributed by atoms with Crippen LogP contribution in [0.4, 0.5) is 9.59 Å². The first-order chi connectivity index (χ1) is 14.6. The number of carboxylic acids is 1. The fourth-order valence-corrected chi connectivity index (χ4v) is 2.68. The van der Waals surface area contributed by atoms with E-state index in [0.29, 0.717) is 10.9 Å². The van der Waals surface area contributed by atoms with Gasteiger partial charge in [-0.3, -0.25) is 0 Å². The fourth-order valence-electron chi connectivity index (χ4n) is 2.68. The highest BCUT2D eigenvalue weighted by Crippen LogP contribution is 2.24. The Balaban J connectivity index is 2.29. The molecule has 174 valence electrons. The Hall–Kier alpha value is -3.56. The predicted molar refractivity (Wildman–Crippen MR) is 114 cm³/mol. The van der Waals surface area contributed by atoms with Gasteiger partial charge in [0.1, 0.15) is 28.6 Å². The highest BCUT2D eigenvalue weighted by Gasteiger charge is 2.25. The predicted octanol–water partition coefficient (Wildman–Crippen LogP) is 3.63. The lowest BCUT2D eigenvalue weighted by atomic mass is 10.0. The molecule has 0 aliphatic carbocycles. The molecule has 0 unspecified atom stereocenters. The second-order valence-electron chi connectivity index (χ2n) is 9.06. The van der Waals surface area contributed by atoms with Crippen molar-refractivity contribution in [3.05, 3.63) is 40.2 Å². The third-order valence-electron chi connectivity index (χ3n) is 3.81. The molecule has 1 aromatic carbocycles. The molecule has 0 aliphatic heterocycles. The molecule has 2 N–H and O–H groups in total. The summed E-state index contributed by atoms with van der Waals surface area (Å²) in [6, 6.07) is 4.07. The van der Waals surface area contributed by atoms with E-state index < -0.39 is 41.1 Å². The van der Waals surface area contributed by atoms with E-state index >= 15 is 0 Å². The lowest BCUT2D eigenvalue weighted by Gasteiger charge is -2.22. The standard InChI is InChI=1S/C22H27NO9/c1-21(2,3)31-19(27)23-15(18(25)26)9-12-10-17(24)30-16-11-13(7-8-14(12)16)29-20(28)32-22(4,5)6/h7-8,10-11,15H,9H2,1-6H3,(H,23,27)(H,25,26)/t15-/m0/s1. The molecule has 2 rings (SSSR count). The van der Waals surface area contributed by atoms with Crippen LogP contribution in [-0.4, -0.2) is 40.6 Å². The van der Waals surface area contributed by atoms with E-state index in [2.05, 4.69) is 5.32 Å². The molecule has 0 aliphatic rings. The molecule has 1 amide bonds. The Labute approximate surface area is 184 Å². The van der Waals surface area contributed by atoms with E-state index in [1.54, 1.807) is 41.5 Å². The maximum Gasteiger partial charge on any atom is 0.514 e. The second-order valence-corrected chi connectivity index (χ2v) is 9.06. The number of hydrogen-bond acceptors (Lipinski definition) is 8. The molecule has 2 aromatic rings. The number of carbonyl (C=O) groups is 3. The quantitative estimate of drug-likeness (QED) is 0.397. The van der Waals surface area contributed by atoms with Crippen molar-refractivity contribution >= 4 is 29.2 Å². The van der Waals surface area contributed by atoms with Crippen molar-refractivity contribution in [2.24, 2.45) is 0 Å². The summed E-state index contributed by atoms with van der Waals surface area (Å²) < 4.78 is 20.5. The first-order valence-corrected chi connectivity index (χ1v) is 9.83. The zero-order chi connectivity index (χ0) is 24.3. The van der Waals surface area contributed by atoms with Crippen LogP contribution in [0.25, 0.3) is 11.0 Å². The maximum atomic E-state index is 12.0. The van der Waals surface area contributed by atoms with Crippen LogP contribution >= 0.6 is 0 Å². The topological polar surface area (TPSA) is 141 Å². The van der Waals surface area contributed by atoms with Gasteiger partial charge in [-0.25, -0.2) is 19.2 Å². The van der Waals surface area contributed by atoms with Crippen molar-refractivity contribution < 1.29 is 38.1 Å². The van der Waals surface area contributed by atoms with Crippen molar-refractivity contribution in [1.29, 1.82) is 0 Å². The highest BCUT2D eigenvalue weighted by molar-refractivity contribution is 5.85. The van der Waals surface area contributed by atoms with E-state index in [-0.39, 0.29) is 17.8 Å². The molecule has 0 radical (unpaired) electrons. The van der Waals surface area contributed by atoms with Gasteiger partial charge in [-0.2, -0.15) is 0 Å². The number of rotatable bonds is 5. The van der Waals surface area contributed by atoms with Crippen LogP contribution in [0, 0.1) is 0 Å². The van der Waals surface area contributed by atoms with E-state index in [0.717, 1.165) is 6.07 Å². The van der Waals surface area contributed by atoms with Crippen LogP contribution < -0.4 is 15.7 Å². The average Bonchev–Trinajstić information content (AvgIpc) is 2.57. The Morgan fingerprint density at radius 2 is 1.66 bits per heavy atom. The summed E-state index contributed by atoms with van der Waals surface area (Å²) in [7, 11) is 0. The fraction of sp³-hybridized carbons (Fsp3) is 0.455. The number of aliphatic carboxylic acids is 1. The lowest BCUT2D eigenvalue weighted by molar-refractivity contribution is -0.139. The number of alkyl carbamates (subject to hydrolysis) is 1. The Morgan fingerprint density at radius 1 is 1.03 bits per heavy atom. The second kappa shape index (κ2) is 9.29. The summed E-state index contributed by atoms with van der Waals surface area (Å²) in [5, 5.41) is 12.2. The molecule has 0 fully saturated rings. The SMILES string of the molecule is CC(C)(C)OC(=O)N[C@@H](Cc1cc(=O)oc2cc(OC(=O)OC(C)(C)C)ccc12)C(=O)O. The summed E-state index contributed by atoms with van der Waals surface area (Å²) in [4.78, 5) is 47.6. The minimum absolute atomic E-state index is 0.0775. The van der Waals surface area contributed by atoms with Gasteiger partial charge in [0.05, 0.1) is 0 Å². The van der Waals surface area contributed by atoms with Gasteiger partial charge in [0, 0.05) is 23.9 Å². The van der Waals surface area contributed by atoms with Crippen molar-refractivity contribution in [3.63, 3.8) is 0 Å². The van der Waals surface area contributed by atoms with Crippen LogP contribution in [0.3, 0.4) is 0 Å². The molecule has 0 saturated carbocycles. The smallest absolute Gasteiger partial charge is 0.480 e. The monoisotopic (exact) mass is 449 g/mol. The van der Waals surface area contributed by atoms with Gasteiger partial charge < -0.3 is 29.1 Å². The number of nitrogens with one attached hydrogen (secondary N) is 1. The van der Waals surface area contributed by atoms with E-state index in [1.165, 1.54) is 18.2 Å². The molecule has 0 bridgehead atoms. The Bertz CT molecular complexity index is 1070. The molecule has 10 nitrogen and oxygen atoms in total. The number of fused-ring (bicyclic) bond motifs is 1. The first-order valence-electron chi connectivity index (χ1n) is 9.83. The zero-order valence-electron chi connectivity index (χ0n) is 18.8. The van der Waals surface area contributed by atoms with Crippen LogP contribution in [0.1, 0.15) is 47.1 Å². The maximum absolute atomic E-state index is 12.0. The molecule has 32 heavy (non-hydrogen) atoms. The van der Waals surface area contributed by atoms with E-state index in [9.17, 15) is 24.3 Å². The van der Waals surface area contributed by atoms with E-state index in [1.807, 2.05) is 0 Å². The number of amides is 1. The van der Waals surface area contributed by atoms with Crippen LogP contribution in [0.5, 0.6) is 5.75 Å². The average molecular weight is 449 g/mol. The number of carboxylic acid groups (broad SMARTS) is 1. The molecule has 10 heteroatoms. The minimum atomic E-state index is -1.35. The third kappa shape index (κ3) is 7.60. The molecule has 0 saturated heterocycles. The summed E-state index contributed by atoms with van der Waals surface area (Å²) in [6.45, 7) is 10.00. The molecule has 1 heterocycles. The van der Waals surface area contributed by atoms with Gasteiger partial charge in [0.2, 0.25) is 0 Å². The molecule has 0 spiro atoms. The summed E-state index contributed by atoms with van der Waals surface area (Å²) >= 11 is 0. The summed E-state index contributed by atoms with van der Waals surface area (Å²) in [5.41, 5.74) is -1.89.